The number of hydrogen-bond acceptors (Lipinski definition) is 7. The van der Waals surface area contributed by atoms with Gasteiger partial charge in [-0.25, -0.2) is 9.59 Å². The fraction of sp³-hybridized carbons (Fsp3) is 0.294. The van der Waals surface area contributed by atoms with Crippen LogP contribution in [0.2, 0.25) is 0 Å². The first-order valence-corrected chi connectivity index (χ1v) is 9.28. The molecule has 0 aliphatic rings. The zero-order valence-electron chi connectivity index (χ0n) is 14.2. The van der Waals surface area contributed by atoms with Gasteiger partial charge < -0.3 is 24.4 Å². The fourth-order valence-corrected chi connectivity index (χ4v) is 2.72. The third-order valence-corrected chi connectivity index (χ3v) is 3.67. The van der Waals surface area contributed by atoms with Gasteiger partial charge in [0.05, 0.1) is 18.9 Å². The van der Waals surface area contributed by atoms with E-state index in [9.17, 15) is 19.8 Å². The first-order chi connectivity index (χ1) is 12.5. The molecule has 0 amide bonds. The Labute approximate surface area is 163 Å². The minimum atomic E-state index is -0.893. The van der Waals surface area contributed by atoms with Crippen LogP contribution in [-0.2, 0) is 9.47 Å². The Morgan fingerprint density at radius 3 is 2.04 bits per heavy atom. The average molecular weight is 475 g/mol. The number of rotatable bonds is 7. The zero-order valence-corrected chi connectivity index (χ0v) is 16.3. The number of ether oxygens (including phenoxy) is 3. The van der Waals surface area contributed by atoms with Crippen molar-refractivity contribution in [2.24, 2.45) is 0 Å². The van der Waals surface area contributed by atoms with Crippen LogP contribution in [0.15, 0.2) is 24.3 Å². The highest BCUT2D eigenvalue weighted by Crippen LogP contribution is 2.39. The van der Waals surface area contributed by atoms with Gasteiger partial charge >= 0.3 is 11.9 Å². The lowest BCUT2D eigenvalue weighted by Gasteiger charge is -2.13. The standard InChI is InChI=1S/C17H18INO7/c1-3-24-16(22)12-14(20)15(21)13(17(23)25-4-2)19(12)10-6-5-7-11(8-10)26-9-18/h5-8,20-21H,3-4,9H2,1-2H3. The van der Waals surface area contributed by atoms with Gasteiger partial charge in [0.25, 0.3) is 0 Å². The monoisotopic (exact) mass is 475 g/mol. The Bertz CT molecular complexity index is 774. The van der Waals surface area contributed by atoms with E-state index in [1.807, 2.05) is 22.6 Å². The second-order valence-corrected chi connectivity index (χ2v) is 5.54. The highest BCUT2D eigenvalue weighted by Gasteiger charge is 2.33. The van der Waals surface area contributed by atoms with Gasteiger partial charge in [0.15, 0.2) is 22.9 Å². The fourth-order valence-electron chi connectivity index (χ4n) is 2.36. The Hall–Kier alpha value is -2.43. The SMILES string of the molecule is CCOC(=O)c1c(O)c(O)c(C(=O)OCC)n1-c1cccc(OCI)c1. The lowest BCUT2D eigenvalue weighted by molar-refractivity contribution is 0.0507. The number of hydrogen-bond donors (Lipinski definition) is 2. The van der Waals surface area contributed by atoms with Gasteiger partial charge in [0.2, 0.25) is 0 Å². The Kier molecular flexibility index (Phi) is 6.72. The van der Waals surface area contributed by atoms with E-state index >= 15 is 0 Å². The van der Waals surface area contributed by atoms with E-state index in [1.165, 1.54) is 0 Å². The molecule has 1 heterocycles. The van der Waals surface area contributed by atoms with Gasteiger partial charge in [-0.15, -0.1) is 0 Å². The quantitative estimate of drug-likeness (QED) is 0.360. The van der Waals surface area contributed by atoms with Crippen molar-refractivity contribution >= 4 is 34.5 Å². The molecule has 2 aromatic rings. The van der Waals surface area contributed by atoms with Crippen molar-refractivity contribution in [1.29, 1.82) is 0 Å². The highest BCUT2D eigenvalue weighted by molar-refractivity contribution is 14.1. The van der Waals surface area contributed by atoms with Crippen LogP contribution in [0.3, 0.4) is 0 Å². The number of alkyl halides is 1. The van der Waals surface area contributed by atoms with Gasteiger partial charge in [-0.1, -0.05) is 6.07 Å². The number of halogens is 1. The lowest BCUT2D eigenvalue weighted by atomic mass is 10.2. The smallest absolute Gasteiger partial charge is 0.359 e. The molecule has 1 aromatic carbocycles. The summed E-state index contributed by atoms with van der Waals surface area (Å²) in [4.78, 5) is 24.6. The van der Waals surface area contributed by atoms with Crippen LogP contribution in [0.1, 0.15) is 34.8 Å². The lowest BCUT2D eigenvalue weighted by Crippen LogP contribution is -2.17. The average Bonchev–Trinajstić information content (AvgIpc) is 2.87. The molecule has 1 aromatic heterocycles. The molecule has 0 fully saturated rings. The van der Waals surface area contributed by atoms with Crippen molar-refractivity contribution in [3.05, 3.63) is 35.7 Å². The molecule has 2 N–H and O–H groups in total. The summed E-state index contributed by atoms with van der Waals surface area (Å²) < 4.78 is 16.8. The first kappa shape index (κ1) is 19.9. The molecule has 0 radical (unpaired) electrons. The topological polar surface area (TPSA) is 107 Å². The molecule has 26 heavy (non-hydrogen) atoms. The number of aromatic hydroxyl groups is 2. The van der Waals surface area contributed by atoms with Gasteiger partial charge in [0, 0.05) is 6.07 Å². The van der Waals surface area contributed by atoms with E-state index < -0.39 is 23.4 Å². The minimum absolute atomic E-state index is 0.0525. The summed E-state index contributed by atoms with van der Waals surface area (Å²) in [6.45, 7) is 3.31. The summed E-state index contributed by atoms with van der Waals surface area (Å²) in [7, 11) is 0. The molecule has 0 unspecified atom stereocenters. The van der Waals surface area contributed by atoms with Crippen LogP contribution in [0, 0.1) is 0 Å². The van der Waals surface area contributed by atoms with Crippen LogP contribution < -0.4 is 4.74 Å². The van der Waals surface area contributed by atoms with Crippen LogP contribution in [0.4, 0.5) is 0 Å². The molecule has 140 valence electrons. The number of nitrogens with zero attached hydrogens (tertiary/aromatic N) is 1. The van der Waals surface area contributed by atoms with Gasteiger partial charge in [-0.05, 0) is 48.6 Å². The summed E-state index contributed by atoms with van der Waals surface area (Å²) >= 11 is 2.03. The number of benzene rings is 1. The summed E-state index contributed by atoms with van der Waals surface area (Å²) in [5, 5.41) is 20.5. The maximum atomic E-state index is 12.3. The Morgan fingerprint density at radius 2 is 1.58 bits per heavy atom. The maximum Gasteiger partial charge on any atom is 0.359 e. The van der Waals surface area contributed by atoms with Crippen LogP contribution in [-0.4, -0.2) is 44.5 Å². The molecule has 0 atom stereocenters. The molecule has 9 heteroatoms. The molecule has 0 spiro atoms. The second kappa shape index (κ2) is 8.79. The first-order valence-electron chi connectivity index (χ1n) is 7.76. The van der Waals surface area contributed by atoms with Gasteiger partial charge in [-0.3, -0.25) is 4.57 Å². The van der Waals surface area contributed by atoms with E-state index in [0.29, 0.717) is 16.1 Å². The predicted octanol–water partition coefficient (Wildman–Crippen LogP) is 3.01. The second-order valence-electron chi connectivity index (χ2n) is 4.92. The van der Waals surface area contributed by atoms with E-state index in [1.54, 1.807) is 38.1 Å². The van der Waals surface area contributed by atoms with Crippen LogP contribution >= 0.6 is 22.6 Å². The molecule has 0 aliphatic carbocycles. The van der Waals surface area contributed by atoms with Gasteiger partial charge in [0.1, 0.15) is 10.4 Å². The summed E-state index contributed by atoms with van der Waals surface area (Å²) in [6.07, 6.45) is 0. The molecule has 0 saturated carbocycles. The van der Waals surface area contributed by atoms with E-state index in [2.05, 4.69) is 0 Å². The highest BCUT2D eigenvalue weighted by atomic mass is 127. The van der Waals surface area contributed by atoms with Crippen molar-refractivity contribution in [3.63, 3.8) is 0 Å². The zero-order chi connectivity index (χ0) is 19.3. The van der Waals surface area contributed by atoms with E-state index in [-0.39, 0.29) is 24.6 Å². The van der Waals surface area contributed by atoms with Crippen molar-refractivity contribution < 1.29 is 34.0 Å². The van der Waals surface area contributed by atoms with Crippen molar-refractivity contribution in [2.75, 3.05) is 17.8 Å². The molecular formula is C17H18INO7. The normalized spacial score (nSPS) is 10.4. The minimum Gasteiger partial charge on any atom is -0.503 e. The molecule has 8 nitrogen and oxygen atoms in total. The molecule has 2 rings (SSSR count). The molecule has 0 saturated heterocycles. The van der Waals surface area contributed by atoms with Crippen molar-refractivity contribution in [3.8, 4) is 22.9 Å². The molecular weight excluding hydrogens is 457 g/mol. The van der Waals surface area contributed by atoms with Crippen molar-refractivity contribution in [1.82, 2.24) is 4.57 Å². The number of carbonyl (C=O) groups is 2. The Balaban J connectivity index is 2.74. The predicted molar refractivity (Wildman–Crippen MR) is 101 cm³/mol. The largest absolute Gasteiger partial charge is 0.503 e. The van der Waals surface area contributed by atoms with Gasteiger partial charge in [-0.2, -0.15) is 0 Å². The van der Waals surface area contributed by atoms with Crippen molar-refractivity contribution in [2.45, 2.75) is 13.8 Å². The van der Waals surface area contributed by atoms with Crippen LogP contribution in [0.5, 0.6) is 17.2 Å². The van der Waals surface area contributed by atoms with E-state index in [0.717, 1.165) is 4.57 Å². The summed E-state index contributed by atoms with van der Waals surface area (Å²) in [5.74, 6) is -2.82. The maximum absolute atomic E-state index is 12.3. The third kappa shape index (κ3) is 3.87. The molecule has 0 aliphatic heterocycles. The summed E-state index contributed by atoms with van der Waals surface area (Å²) in [6, 6.07) is 6.49. The number of aromatic nitrogens is 1. The summed E-state index contributed by atoms with van der Waals surface area (Å²) in [5.41, 5.74) is -0.438. The van der Waals surface area contributed by atoms with Crippen LogP contribution in [0.25, 0.3) is 5.69 Å². The van der Waals surface area contributed by atoms with E-state index in [4.69, 9.17) is 14.2 Å². The number of esters is 2. The molecule has 0 bridgehead atoms. The number of carbonyl (C=O) groups excluding carboxylic acids is 2. The third-order valence-electron chi connectivity index (χ3n) is 3.35. The Morgan fingerprint density at radius 1 is 1.04 bits per heavy atom.